The summed E-state index contributed by atoms with van der Waals surface area (Å²) in [4.78, 5) is 7.41. The number of halogens is 1. The number of nitrogens with one attached hydrogen (secondary N) is 2. The molecule has 26 heavy (non-hydrogen) atoms. The molecule has 1 saturated heterocycles. The normalized spacial score (nSPS) is 16.3. The van der Waals surface area contributed by atoms with E-state index in [1.165, 1.54) is 37.9 Å². The van der Waals surface area contributed by atoms with E-state index in [9.17, 15) is 0 Å². The largest absolute Gasteiger partial charge is 0.361 e. The number of aromatic nitrogens is 1. The molecule has 6 nitrogen and oxygen atoms in total. The zero-order valence-electron chi connectivity index (χ0n) is 17.0. The first kappa shape index (κ1) is 23.2. The Morgan fingerprint density at radius 2 is 1.88 bits per heavy atom. The Kier molecular flexibility index (Phi) is 9.92. The second kappa shape index (κ2) is 11.1. The van der Waals surface area contributed by atoms with E-state index in [4.69, 9.17) is 9.52 Å². The van der Waals surface area contributed by atoms with Gasteiger partial charge in [0.05, 0.1) is 12.2 Å². The molecule has 2 rings (SSSR count). The Labute approximate surface area is 175 Å². The standard InChI is InChI=1S/C19H35N5O.HI/c1-6-20-18(21-11-10-17-15(2)23-25-16(17)3)22-14-19(4,5)24-12-8-7-9-13-24;/h6-14H2,1-5H3,(H2,20,21,22);1H. The third kappa shape index (κ3) is 6.72. The zero-order valence-corrected chi connectivity index (χ0v) is 19.4. The molecule has 7 heteroatoms. The van der Waals surface area contributed by atoms with Gasteiger partial charge >= 0.3 is 0 Å². The van der Waals surface area contributed by atoms with Crippen LogP contribution in [0.4, 0.5) is 0 Å². The topological polar surface area (TPSA) is 65.7 Å². The van der Waals surface area contributed by atoms with Crippen LogP contribution in [0.15, 0.2) is 9.52 Å². The van der Waals surface area contributed by atoms with Crippen LogP contribution in [0.5, 0.6) is 0 Å². The van der Waals surface area contributed by atoms with Crippen LogP contribution in [0.25, 0.3) is 0 Å². The van der Waals surface area contributed by atoms with Gasteiger partial charge in [-0.3, -0.25) is 9.89 Å². The molecule has 0 spiro atoms. The van der Waals surface area contributed by atoms with Crippen molar-refractivity contribution < 1.29 is 4.52 Å². The quantitative estimate of drug-likeness (QED) is 0.359. The highest BCUT2D eigenvalue weighted by Crippen LogP contribution is 2.20. The van der Waals surface area contributed by atoms with Crippen molar-refractivity contribution in [1.82, 2.24) is 20.7 Å². The Morgan fingerprint density at radius 1 is 1.19 bits per heavy atom. The average molecular weight is 477 g/mol. The van der Waals surface area contributed by atoms with E-state index in [0.717, 1.165) is 43.5 Å². The molecule has 0 radical (unpaired) electrons. The number of hydrogen-bond acceptors (Lipinski definition) is 4. The van der Waals surface area contributed by atoms with E-state index in [-0.39, 0.29) is 29.5 Å². The lowest BCUT2D eigenvalue weighted by Crippen LogP contribution is -2.49. The van der Waals surface area contributed by atoms with Gasteiger partial charge in [0, 0.05) is 24.2 Å². The molecule has 0 unspecified atom stereocenters. The van der Waals surface area contributed by atoms with Crippen LogP contribution < -0.4 is 10.6 Å². The maximum atomic E-state index is 5.23. The van der Waals surface area contributed by atoms with Gasteiger partial charge in [-0.1, -0.05) is 11.6 Å². The first-order valence-corrected chi connectivity index (χ1v) is 9.63. The maximum absolute atomic E-state index is 5.23. The van der Waals surface area contributed by atoms with Crippen LogP contribution in [0.3, 0.4) is 0 Å². The minimum absolute atomic E-state index is 0. The number of aryl methyl sites for hydroxylation is 2. The monoisotopic (exact) mass is 477 g/mol. The molecule has 1 aromatic rings. The third-order valence-electron chi connectivity index (χ3n) is 5.03. The Balaban J connectivity index is 0.00000338. The minimum Gasteiger partial charge on any atom is -0.361 e. The number of rotatable bonds is 7. The number of likely N-dealkylation sites (tertiary alicyclic amines) is 1. The molecule has 0 atom stereocenters. The number of piperidine rings is 1. The highest BCUT2D eigenvalue weighted by molar-refractivity contribution is 14.0. The highest BCUT2D eigenvalue weighted by Gasteiger charge is 2.27. The summed E-state index contributed by atoms with van der Waals surface area (Å²) in [6.07, 6.45) is 4.87. The Bertz CT molecular complexity index is 545. The fraction of sp³-hybridized carbons (Fsp3) is 0.789. The Morgan fingerprint density at radius 3 is 2.46 bits per heavy atom. The van der Waals surface area contributed by atoms with E-state index in [2.05, 4.69) is 41.5 Å². The van der Waals surface area contributed by atoms with Crippen molar-refractivity contribution in [3.63, 3.8) is 0 Å². The summed E-state index contributed by atoms with van der Waals surface area (Å²) < 4.78 is 5.23. The van der Waals surface area contributed by atoms with Crippen molar-refractivity contribution in [2.45, 2.75) is 65.8 Å². The lowest BCUT2D eigenvalue weighted by atomic mass is 9.99. The molecule has 1 aliphatic heterocycles. The number of guanidine groups is 1. The van der Waals surface area contributed by atoms with Gasteiger partial charge in [0.1, 0.15) is 5.76 Å². The van der Waals surface area contributed by atoms with Gasteiger partial charge in [0.2, 0.25) is 0 Å². The molecule has 0 bridgehead atoms. The number of hydrogen-bond donors (Lipinski definition) is 2. The molecular formula is C19H36IN5O. The average Bonchev–Trinajstić information content (AvgIpc) is 2.92. The summed E-state index contributed by atoms with van der Waals surface area (Å²) in [6, 6.07) is 0. The molecule has 150 valence electrons. The van der Waals surface area contributed by atoms with E-state index < -0.39 is 0 Å². The molecule has 0 aliphatic carbocycles. The molecule has 1 aromatic heterocycles. The van der Waals surface area contributed by atoms with Gasteiger partial charge in [0.25, 0.3) is 0 Å². The first-order valence-electron chi connectivity index (χ1n) is 9.63. The lowest BCUT2D eigenvalue weighted by molar-refractivity contribution is 0.102. The molecule has 2 N–H and O–H groups in total. The van der Waals surface area contributed by atoms with E-state index in [1.807, 2.05) is 13.8 Å². The molecule has 2 heterocycles. The fourth-order valence-electron chi connectivity index (χ4n) is 3.38. The van der Waals surface area contributed by atoms with E-state index in [1.54, 1.807) is 0 Å². The van der Waals surface area contributed by atoms with Gasteiger partial charge < -0.3 is 15.2 Å². The maximum Gasteiger partial charge on any atom is 0.191 e. The van der Waals surface area contributed by atoms with E-state index >= 15 is 0 Å². The lowest BCUT2D eigenvalue weighted by Gasteiger charge is -2.40. The van der Waals surface area contributed by atoms with E-state index in [0.29, 0.717) is 0 Å². The van der Waals surface area contributed by atoms with Crippen LogP contribution in [0.2, 0.25) is 0 Å². The van der Waals surface area contributed by atoms with Crippen molar-refractivity contribution >= 4 is 29.9 Å². The first-order chi connectivity index (χ1) is 11.9. The van der Waals surface area contributed by atoms with Crippen LogP contribution >= 0.6 is 24.0 Å². The van der Waals surface area contributed by atoms with Gasteiger partial charge in [-0.05, 0) is 67.0 Å². The van der Waals surface area contributed by atoms with Crippen molar-refractivity contribution in [2.75, 3.05) is 32.7 Å². The van der Waals surface area contributed by atoms with Crippen LogP contribution in [0.1, 0.15) is 57.1 Å². The molecular weight excluding hydrogens is 441 g/mol. The van der Waals surface area contributed by atoms with Gasteiger partial charge in [-0.25, -0.2) is 0 Å². The Hall–Kier alpha value is -0.830. The SMILES string of the molecule is CCNC(=NCC(C)(C)N1CCCCC1)NCCc1c(C)noc1C.I. The predicted molar refractivity (Wildman–Crippen MR) is 119 cm³/mol. The van der Waals surface area contributed by atoms with Gasteiger partial charge in [-0.2, -0.15) is 0 Å². The van der Waals surface area contributed by atoms with Gasteiger partial charge in [0.15, 0.2) is 5.96 Å². The second-order valence-electron chi connectivity index (χ2n) is 7.53. The fourth-order valence-corrected chi connectivity index (χ4v) is 3.38. The molecule has 0 aromatic carbocycles. The molecule has 1 aliphatic rings. The summed E-state index contributed by atoms with van der Waals surface area (Å²) >= 11 is 0. The predicted octanol–water partition coefficient (Wildman–Crippen LogP) is 3.27. The molecule has 0 saturated carbocycles. The zero-order chi connectivity index (χ0) is 18.3. The second-order valence-corrected chi connectivity index (χ2v) is 7.53. The molecule has 1 fully saturated rings. The minimum atomic E-state index is 0. The van der Waals surface area contributed by atoms with Crippen molar-refractivity contribution in [3.05, 3.63) is 17.0 Å². The summed E-state index contributed by atoms with van der Waals surface area (Å²) in [5.74, 6) is 1.80. The van der Waals surface area contributed by atoms with Gasteiger partial charge in [-0.15, -0.1) is 24.0 Å². The van der Waals surface area contributed by atoms with Crippen molar-refractivity contribution in [2.24, 2.45) is 4.99 Å². The summed E-state index contributed by atoms with van der Waals surface area (Å²) in [7, 11) is 0. The third-order valence-corrected chi connectivity index (χ3v) is 5.03. The number of aliphatic imine (C=N–C) groups is 1. The van der Waals surface area contributed by atoms with Crippen molar-refractivity contribution in [1.29, 1.82) is 0 Å². The highest BCUT2D eigenvalue weighted by atomic mass is 127. The smallest absolute Gasteiger partial charge is 0.191 e. The summed E-state index contributed by atoms with van der Waals surface area (Å²) in [5.41, 5.74) is 2.27. The molecule has 0 amide bonds. The van der Waals surface area contributed by atoms with Crippen LogP contribution in [-0.4, -0.2) is 54.3 Å². The van der Waals surface area contributed by atoms with Crippen LogP contribution in [-0.2, 0) is 6.42 Å². The van der Waals surface area contributed by atoms with Crippen molar-refractivity contribution in [3.8, 4) is 0 Å². The van der Waals surface area contributed by atoms with Crippen LogP contribution in [0, 0.1) is 13.8 Å². The summed E-state index contributed by atoms with van der Waals surface area (Å²) in [6.45, 7) is 15.5. The summed E-state index contributed by atoms with van der Waals surface area (Å²) in [5, 5.41) is 10.8. The number of nitrogens with zero attached hydrogens (tertiary/aromatic N) is 3.